The van der Waals surface area contributed by atoms with Gasteiger partial charge in [0.15, 0.2) is 0 Å². The minimum Gasteiger partial charge on any atom is -0.494 e. The fourth-order valence-corrected chi connectivity index (χ4v) is 4.09. The molecule has 0 atom stereocenters. The van der Waals surface area contributed by atoms with E-state index in [0.29, 0.717) is 25.2 Å². The zero-order chi connectivity index (χ0) is 17.6. The van der Waals surface area contributed by atoms with Crippen LogP contribution in [0.1, 0.15) is 19.8 Å². The fourth-order valence-electron chi connectivity index (χ4n) is 2.62. The van der Waals surface area contributed by atoms with E-state index in [1.807, 2.05) is 6.92 Å². The van der Waals surface area contributed by atoms with Gasteiger partial charge in [-0.05, 0) is 44.0 Å². The van der Waals surface area contributed by atoms with Gasteiger partial charge in [0, 0.05) is 13.1 Å². The van der Waals surface area contributed by atoms with E-state index in [1.54, 1.807) is 12.1 Å². The van der Waals surface area contributed by atoms with Crippen molar-refractivity contribution in [3.05, 3.63) is 24.3 Å². The van der Waals surface area contributed by atoms with Crippen LogP contribution in [-0.2, 0) is 19.6 Å². The fraction of sp³-hybridized carbons (Fsp3) is 0.562. The zero-order valence-electron chi connectivity index (χ0n) is 13.7. The van der Waals surface area contributed by atoms with Gasteiger partial charge in [0.2, 0.25) is 10.0 Å². The van der Waals surface area contributed by atoms with Crippen molar-refractivity contribution in [1.29, 1.82) is 0 Å². The molecule has 0 amide bonds. The molecule has 8 heteroatoms. The zero-order valence-corrected chi connectivity index (χ0v) is 14.5. The standard InChI is InChI=1S/C16H23NO6S/c1-2-22-14-3-5-15(6-4-14)24(20,21)17-9-7-13(8-10-17)16(19)23-12-11-18/h3-6,13,18H,2,7-12H2,1H3. The van der Waals surface area contributed by atoms with Crippen molar-refractivity contribution in [2.45, 2.75) is 24.7 Å². The Balaban J connectivity index is 1.98. The smallest absolute Gasteiger partial charge is 0.309 e. The van der Waals surface area contributed by atoms with Crippen LogP contribution in [0, 0.1) is 5.92 Å². The molecular weight excluding hydrogens is 334 g/mol. The molecule has 1 saturated heterocycles. The van der Waals surface area contributed by atoms with Gasteiger partial charge >= 0.3 is 5.97 Å². The Morgan fingerprint density at radius 3 is 2.42 bits per heavy atom. The number of carbonyl (C=O) groups excluding carboxylic acids is 1. The number of esters is 1. The minimum atomic E-state index is -3.57. The molecular formula is C16H23NO6S. The quantitative estimate of drug-likeness (QED) is 0.733. The summed E-state index contributed by atoms with van der Waals surface area (Å²) in [5.74, 6) is -0.0627. The lowest BCUT2D eigenvalue weighted by molar-refractivity contribution is -0.150. The van der Waals surface area contributed by atoms with E-state index in [4.69, 9.17) is 14.6 Å². The van der Waals surface area contributed by atoms with E-state index in [2.05, 4.69) is 0 Å². The predicted octanol–water partition coefficient (Wildman–Crippen LogP) is 1.02. The maximum atomic E-state index is 12.6. The number of aliphatic hydroxyl groups is 1. The molecule has 0 saturated carbocycles. The van der Waals surface area contributed by atoms with Gasteiger partial charge in [-0.3, -0.25) is 4.79 Å². The summed E-state index contributed by atoms with van der Waals surface area (Å²) >= 11 is 0. The summed E-state index contributed by atoms with van der Waals surface area (Å²) in [5.41, 5.74) is 0. The molecule has 0 spiro atoms. The van der Waals surface area contributed by atoms with Crippen molar-refractivity contribution in [2.24, 2.45) is 5.92 Å². The van der Waals surface area contributed by atoms with Gasteiger partial charge in [0.05, 0.1) is 24.0 Å². The summed E-state index contributed by atoms with van der Waals surface area (Å²) in [6.45, 7) is 2.69. The van der Waals surface area contributed by atoms with Crippen LogP contribution in [0.3, 0.4) is 0 Å². The van der Waals surface area contributed by atoms with Gasteiger partial charge < -0.3 is 14.6 Å². The molecule has 1 heterocycles. The number of sulfonamides is 1. The third kappa shape index (κ3) is 4.46. The molecule has 24 heavy (non-hydrogen) atoms. The van der Waals surface area contributed by atoms with Crippen molar-refractivity contribution in [2.75, 3.05) is 32.9 Å². The molecule has 1 N–H and O–H groups in total. The molecule has 1 fully saturated rings. The van der Waals surface area contributed by atoms with Gasteiger partial charge in [-0.2, -0.15) is 4.31 Å². The van der Waals surface area contributed by atoms with Crippen LogP contribution >= 0.6 is 0 Å². The number of piperidine rings is 1. The molecule has 1 aliphatic heterocycles. The van der Waals surface area contributed by atoms with Gasteiger partial charge in [-0.1, -0.05) is 0 Å². The Kier molecular flexibility index (Phi) is 6.59. The Bertz CT molecular complexity index is 635. The number of ether oxygens (including phenoxy) is 2. The van der Waals surface area contributed by atoms with Gasteiger partial charge in [0.25, 0.3) is 0 Å². The number of hydrogen-bond acceptors (Lipinski definition) is 6. The first kappa shape index (κ1) is 18.7. The van der Waals surface area contributed by atoms with E-state index >= 15 is 0 Å². The van der Waals surface area contributed by atoms with Gasteiger partial charge in [-0.15, -0.1) is 0 Å². The molecule has 0 unspecified atom stereocenters. The van der Waals surface area contributed by atoms with Crippen molar-refractivity contribution in [3.63, 3.8) is 0 Å². The van der Waals surface area contributed by atoms with E-state index in [9.17, 15) is 13.2 Å². The minimum absolute atomic E-state index is 0.0243. The lowest BCUT2D eigenvalue weighted by Gasteiger charge is -2.30. The number of benzene rings is 1. The van der Waals surface area contributed by atoms with Crippen molar-refractivity contribution < 1.29 is 27.8 Å². The normalized spacial score (nSPS) is 16.8. The lowest BCUT2D eigenvalue weighted by atomic mass is 9.98. The number of carbonyl (C=O) groups is 1. The third-order valence-corrected chi connectivity index (χ3v) is 5.81. The second kappa shape index (κ2) is 8.46. The van der Waals surface area contributed by atoms with Crippen LogP contribution in [0.15, 0.2) is 29.2 Å². The van der Waals surface area contributed by atoms with Crippen LogP contribution in [0.4, 0.5) is 0 Å². The predicted molar refractivity (Wildman–Crippen MR) is 87.1 cm³/mol. The molecule has 7 nitrogen and oxygen atoms in total. The summed E-state index contributed by atoms with van der Waals surface area (Å²) in [6.07, 6.45) is 0.834. The molecule has 134 valence electrons. The summed E-state index contributed by atoms with van der Waals surface area (Å²) < 4.78 is 36.9. The maximum Gasteiger partial charge on any atom is 0.309 e. The number of aliphatic hydroxyl groups excluding tert-OH is 1. The van der Waals surface area contributed by atoms with Crippen LogP contribution in [0.2, 0.25) is 0 Å². The summed E-state index contributed by atoms with van der Waals surface area (Å²) in [4.78, 5) is 12.0. The molecule has 2 rings (SSSR count). The van der Waals surface area contributed by atoms with E-state index < -0.39 is 10.0 Å². The lowest BCUT2D eigenvalue weighted by Crippen LogP contribution is -2.40. The highest BCUT2D eigenvalue weighted by atomic mass is 32.2. The Morgan fingerprint density at radius 2 is 1.88 bits per heavy atom. The van der Waals surface area contributed by atoms with Crippen LogP contribution < -0.4 is 4.74 Å². The first-order chi connectivity index (χ1) is 11.5. The average molecular weight is 357 g/mol. The second-order valence-electron chi connectivity index (χ2n) is 5.47. The first-order valence-corrected chi connectivity index (χ1v) is 9.43. The molecule has 0 bridgehead atoms. The van der Waals surface area contributed by atoms with Crippen LogP contribution in [-0.4, -0.2) is 56.7 Å². The van der Waals surface area contributed by atoms with E-state index in [1.165, 1.54) is 16.4 Å². The molecule has 0 aliphatic carbocycles. The maximum absolute atomic E-state index is 12.6. The number of nitrogens with zero attached hydrogens (tertiary/aromatic N) is 1. The highest BCUT2D eigenvalue weighted by Crippen LogP contribution is 2.25. The van der Waals surface area contributed by atoms with E-state index in [0.717, 1.165) is 0 Å². The highest BCUT2D eigenvalue weighted by molar-refractivity contribution is 7.89. The van der Waals surface area contributed by atoms with Crippen molar-refractivity contribution >= 4 is 16.0 Å². The topological polar surface area (TPSA) is 93.1 Å². The van der Waals surface area contributed by atoms with Gasteiger partial charge in [-0.25, -0.2) is 8.42 Å². The summed E-state index contributed by atoms with van der Waals surface area (Å²) in [5, 5.41) is 8.67. The summed E-state index contributed by atoms with van der Waals surface area (Å²) in [7, 11) is -3.57. The van der Waals surface area contributed by atoms with Crippen LogP contribution in [0.5, 0.6) is 5.75 Å². The number of hydrogen-bond donors (Lipinski definition) is 1. The number of rotatable bonds is 7. The molecule has 0 aromatic heterocycles. The molecule has 1 aromatic carbocycles. The third-order valence-electron chi connectivity index (χ3n) is 3.90. The average Bonchev–Trinajstić information content (AvgIpc) is 2.60. The Hall–Kier alpha value is -1.64. The van der Waals surface area contributed by atoms with Crippen molar-refractivity contribution in [1.82, 2.24) is 4.31 Å². The first-order valence-electron chi connectivity index (χ1n) is 7.99. The van der Waals surface area contributed by atoms with Crippen LogP contribution in [0.25, 0.3) is 0 Å². The SMILES string of the molecule is CCOc1ccc(S(=O)(=O)N2CCC(C(=O)OCCO)CC2)cc1. The van der Waals surface area contributed by atoms with Gasteiger partial charge in [0.1, 0.15) is 12.4 Å². The monoisotopic (exact) mass is 357 g/mol. The molecule has 1 aliphatic rings. The second-order valence-corrected chi connectivity index (χ2v) is 7.41. The Morgan fingerprint density at radius 1 is 1.25 bits per heavy atom. The van der Waals surface area contributed by atoms with E-state index in [-0.39, 0.29) is 43.1 Å². The largest absolute Gasteiger partial charge is 0.494 e. The highest BCUT2D eigenvalue weighted by Gasteiger charge is 2.32. The molecule has 0 radical (unpaired) electrons. The molecule has 1 aromatic rings. The summed E-state index contributed by atoms with van der Waals surface area (Å²) in [6, 6.07) is 6.33. The Labute approximate surface area is 142 Å². The van der Waals surface area contributed by atoms with Crippen molar-refractivity contribution in [3.8, 4) is 5.75 Å².